The number of sulfone groups is 1. The van der Waals surface area contributed by atoms with E-state index in [0.717, 1.165) is 48.1 Å². The van der Waals surface area contributed by atoms with Gasteiger partial charge in [0.1, 0.15) is 32.3 Å². The second-order valence-electron chi connectivity index (χ2n) is 11.8. The second kappa shape index (κ2) is 9.60. The van der Waals surface area contributed by atoms with Crippen molar-refractivity contribution in [3.05, 3.63) is 23.7 Å². The third kappa shape index (κ3) is 5.36. The molecule has 0 radical (unpaired) electrons. The molecule has 3 aromatic rings. The number of nitrogens with one attached hydrogen (secondary N) is 2. The first-order valence-corrected chi connectivity index (χ1v) is 16.4. The average Bonchev–Trinajstić information content (AvgIpc) is 3.81. The molecule has 3 fully saturated rings. The van der Waals surface area contributed by atoms with Crippen LogP contribution in [0.3, 0.4) is 0 Å². The largest absolute Gasteiger partial charge is 0.388 e. The van der Waals surface area contributed by atoms with Gasteiger partial charge in [0.15, 0.2) is 5.72 Å². The Kier molecular flexibility index (Phi) is 6.60. The van der Waals surface area contributed by atoms with E-state index in [1.54, 1.807) is 6.92 Å². The third-order valence-corrected chi connectivity index (χ3v) is 11.3. The summed E-state index contributed by atoms with van der Waals surface area (Å²) in [6, 6.07) is 1.96. The molecule has 3 aromatic heterocycles. The van der Waals surface area contributed by atoms with Gasteiger partial charge in [-0.15, -0.1) is 11.3 Å². The number of hydrogen-bond acceptors (Lipinski definition) is 11. The van der Waals surface area contributed by atoms with Gasteiger partial charge in [-0.1, -0.05) is 13.8 Å². The van der Waals surface area contributed by atoms with Gasteiger partial charge in [0.05, 0.1) is 27.4 Å². The smallest absolute Gasteiger partial charge is 0.224 e. The van der Waals surface area contributed by atoms with Crippen LogP contribution in [0.25, 0.3) is 20.8 Å². The summed E-state index contributed by atoms with van der Waals surface area (Å²) < 4.78 is 25.6. The predicted octanol–water partition coefficient (Wildman–Crippen LogP) is 3.85. The Bertz CT molecular complexity index is 1520. The zero-order chi connectivity index (χ0) is 27.6. The van der Waals surface area contributed by atoms with Gasteiger partial charge < -0.3 is 20.8 Å². The lowest BCUT2D eigenvalue weighted by Crippen LogP contribution is -2.48. The van der Waals surface area contributed by atoms with Crippen LogP contribution in [0, 0.1) is 18.3 Å². The minimum absolute atomic E-state index is 0.000584. The molecule has 12 heteroatoms. The molecular formula is C27H36N6O4S2. The maximum atomic E-state index is 12.3. The molecule has 39 heavy (non-hydrogen) atoms. The van der Waals surface area contributed by atoms with Crippen LogP contribution in [0.5, 0.6) is 0 Å². The molecule has 0 aromatic carbocycles. The summed E-state index contributed by atoms with van der Waals surface area (Å²) >= 11 is 1.53. The topological polar surface area (TPSA) is 150 Å². The van der Waals surface area contributed by atoms with Gasteiger partial charge in [-0.25, -0.2) is 18.4 Å². The van der Waals surface area contributed by atoms with Crippen molar-refractivity contribution in [3.8, 4) is 10.6 Å². The molecule has 6 rings (SSSR count). The van der Waals surface area contributed by atoms with Crippen LogP contribution in [0.4, 0.5) is 11.8 Å². The molecular weight excluding hydrogens is 536 g/mol. The zero-order valence-electron chi connectivity index (χ0n) is 22.6. The van der Waals surface area contributed by atoms with Gasteiger partial charge in [0, 0.05) is 30.3 Å². The van der Waals surface area contributed by atoms with E-state index in [-0.39, 0.29) is 23.3 Å². The molecule has 3 atom stereocenters. The molecule has 3 aliphatic carbocycles. The molecule has 0 saturated heterocycles. The highest BCUT2D eigenvalue weighted by atomic mass is 32.2. The Morgan fingerprint density at radius 2 is 1.92 bits per heavy atom. The Labute approximate surface area is 232 Å². The zero-order valence-corrected chi connectivity index (χ0v) is 24.2. The first kappa shape index (κ1) is 26.8. The number of aryl methyl sites for hydroxylation is 1. The minimum atomic E-state index is -3.31. The Morgan fingerprint density at radius 3 is 2.62 bits per heavy atom. The highest BCUT2D eigenvalue weighted by molar-refractivity contribution is 7.91. The summed E-state index contributed by atoms with van der Waals surface area (Å²) in [5, 5.41) is 29.9. The molecule has 0 aliphatic heterocycles. The van der Waals surface area contributed by atoms with Crippen molar-refractivity contribution in [1.82, 2.24) is 19.9 Å². The van der Waals surface area contributed by atoms with Gasteiger partial charge in [0.2, 0.25) is 5.95 Å². The van der Waals surface area contributed by atoms with E-state index in [9.17, 15) is 18.6 Å². The standard InChI is InChI=1S/C27H36N6O4S2/c1-4-39(36,37)13-17-7-9-27(35,22(17)34)33-23-19(15(2)30-25(32-23)29-14-26(3)10-11-26)24-31-21-18(38-24)8-12-28-20(21)16-5-6-16/h8,12,16-17,22,34-35H,4-7,9-11,13-14H2,1-3H3,(H2,29,30,32,33). The molecule has 210 valence electrons. The predicted molar refractivity (Wildman–Crippen MR) is 153 cm³/mol. The minimum Gasteiger partial charge on any atom is -0.388 e. The Hall–Kier alpha value is -2.41. The molecule has 10 nitrogen and oxygen atoms in total. The maximum absolute atomic E-state index is 12.3. The van der Waals surface area contributed by atoms with E-state index in [1.807, 2.05) is 19.2 Å². The number of aliphatic hydroxyl groups excluding tert-OH is 1. The van der Waals surface area contributed by atoms with E-state index in [4.69, 9.17) is 15.0 Å². The fourth-order valence-electron chi connectivity index (χ4n) is 5.38. The van der Waals surface area contributed by atoms with E-state index >= 15 is 0 Å². The number of aliphatic hydroxyl groups is 2. The summed E-state index contributed by atoms with van der Waals surface area (Å²) in [6.45, 7) is 6.45. The number of thiazole rings is 1. The molecule has 0 amide bonds. The highest BCUT2D eigenvalue weighted by Gasteiger charge is 2.48. The molecule has 4 N–H and O–H groups in total. The van der Waals surface area contributed by atoms with Crippen LogP contribution in [-0.2, 0) is 9.84 Å². The fourth-order valence-corrected chi connectivity index (χ4v) is 7.68. The Balaban J connectivity index is 1.37. The van der Waals surface area contributed by atoms with Gasteiger partial charge in [-0.05, 0) is 56.9 Å². The van der Waals surface area contributed by atoms with Crippen molar-refractivity contribution in [2.45, 2.75) is 77.0 Å². The first-order valence-electron chi connectivity index (χ1n) is 13.8. The van der Waals surface area contributed by atoms with Gasteiger partial charge in [0.25, 0.3) is 0 Å². The summed E-state index contributed by atoms with van der Waals surface area (Å²) in [6.07, 6.45) is 5.67. The summed E-state index contributed by atoms with van der Waals surface area (Å²) in [4.78, 5) is 19.1. The van der Waals surface area contributed by atoms with Crippen LogP contribution in [0.15, 0.2) is 12.3 Å². The second-order valence-corrected chi connectivity index (χ2v) is 15.3. The third-order valence-electron chi connectivity index (χ3n) is 8.45. The van der Waals surface area contributed by atoms with Crippen LogP contribution in [0.2, 0.25) is 0 Å². The molecule has 0 bridgehead atoms. The molecule has 3 saturated carbocycles. The number of fused-ring (bicyclic) bond motifs is 1. The lowest BCUT2D eigenvalue weighted by atomic mass is 10.0. The SMILES string of the molecule is CCS(=O)(=O)CC1CCC(O)(Nc2nc(NCC3(C)CC3)nc(C)c2-c2nc3c(C4CC4)nccc3s2)C1O. The molecule has 3 heterocycles. The van der Waals surface area contributed by atoms with Crippen molar-refractivity contribution in [1.29, 1.82) is 0 Å². The van der Waals surface area contributed by atoms with Gasteiger partial charge in [-0.3, -0.25) is 4.98 Å². The lowest BCUT2D eigenvalue weighted by molar-refractivity contribution is -0.0442. The van der Waals surface area contributed by atoms with Crippen LogP contribution >= 0.6 is 11.3 Å². The average molecular weight is 573 g/mol. The molecule has 0 spiro atoms. The van der Waals surface area contributed by atoms with Crippen molar-refractivity contribution >= 4 is 43.2 Å². The van der Waals surface area contributed by atoms with Gasteiger partial charge >= 0.3 is 0 Å². The van der Waals surface area contributed by atoms with E-state index < -0.39 is 27.6 Å². The van der Waals surface area contributed by atoms with Crippen molar-refractivity contribution < 1.29 is 18.6 Å². The van der Waals surface area contributed by atoms with E-state index in [1.165, 1.54) is 11.3 Å². The van der Waals surface area contributed by atoms with Crippen molar-refractivity contribution in [2.75, 3.05) is 28.7 Å². The van der Waals surface area contributed by atoms with Crippen molar-refractivity contribution in [2.24, 2.45) is 11.3 Å². The number of rotatable bonds is 10. The number of aromatic nitrogens is 4. The highest BCUT2D eigenvalue weighted by Crippen LogP contribution is 2.46. The van der Waals surface area contributed by atoms with Gasteiger partial charge in [-0.2, -0.15) is 4.98 Å². The van der Waals surface area contributed by atoms with E-state index in [2.05, 4.69) is 22.5 Å². The Morgan fingerprint density at radius 1 is 1.15 bits per heavy atom. The number of nitrogens with zero attached hydrogens (tertiary/aromatic N) is 4. The lowest BCUT2D eigenvalue weighted by Gasteiger charge is -2.31. The quantitative estimate of drug-likeness (QED) is 0.264. The summed E-state index contributed by atoms with van der Waals surface area (Å²) in [5.74, 6) is 0.520. The summed E-state index contributed by atoms with van der Waals surface area (Å²) in [5.41, 5.74) is 1.76. The van der Waals surface area contributed by atoms with Crippen LogP contribution in [0.1, 0.15) is 69.7 Å². The maximum Gasteiger partial charge on any atom is 0.224 e. The van der Waals surface area contributed by atoms with Crippen molar-refractivity contribution in [3.63, 3.8) is 0 Å². The molecule has 3 unspecified atom stereocenters. The van der Waals surface area contributed by atoms with Crippen LogP contribution in [-0.4, -0.2) is 68.4 Å². The molecule has 3 aliphatic rings. The normalized spacial score (nSPS) is 26.2. The van der Waals surface area contributed by atoms with E-state index in [0.29, 0.717) is 40.4 Å². The summed E-state index contributed by atoms with van der Waals surface area (Å²) in [7, 11) is -3.31. The monoisotopic (exact) mass is 572 g/mol. The first-order chi connectivity index (χ1) is 18.5. The number of anilines is 2. The fraction of sp³-hybridized carbons (Fsp3) is 0.630. The number of hydrogen-bond donors (Lipinski definition) is 4. The number of pyridine rings is 1. The van der Waals surface area contributed by atoms with Crippen LogP contribution < -0.4 is 10.6 Å².